The van der Waals surface area contributed by atoms with E-state index < -0.39 is 41.8 Å². The van der Waals surface area contributed by atoms with Crippen molar-refractivity contribution >= 4 is 17.8 Å². The average molecular weight is 499 g/mol. The number of nitrogens with one attached hydrogen (secondary N) is 2. The lowest BCUT2D eigenvalue weighted by Crippen LogP contribution is -2.55. The molecule has 36 heavy (non-hydrogen) atoms. The Morgan fingerprint density at radius 3 is 2.06 bits per heavy atom. The molecular weight excluding hydrogens is 464 g/mol. The SMILES string of the molecule is CC(NC(=O)[C@H](Cc1ccccc1)NC(Cc1ccccc1)C(=O)OC[C@H]1COC(C)(C)O1)C(=O)O. The highest BCUT2D eigenvalue weighted by molar-refractivity contribution is 5.87. The van der Waals surface area contributed by atoms with Gasteiger partial charge in [0.15, 0.2) is 5.79 Å². The van der Waals surface area contributed by atoms with E-state index in [2.05, 4.69) is 10.6 Å². The fourth-order valence-corrected chi connectivity index (χ4v) is 3.88. The molecular formula is C27H34N2O7. The molecule has 2 unspecified atom stereocenters. The molecule has 0 saturated carbocycles. The fourth-order valence-electron chi connectivity index (χ4n) is 3.88. The lowest BCUT2D eigenvalue weighted by atomic mass is 10.0. The summed E-state index contributed by atoms with van der Waals surface area (Å²) in [5.41, 5.74) is 1.74. The lowest BCUT2D eigenvalue weighted by molar-refractivity contribution is -0.160. The number of aliphatic carboxylic acids is 1. The van der Waals surface area contributed by atoms with Crippen LogP contribution in [-0.2, 0) is 41.4 Å². The van der Waals surface area contributed by atoms with Crippen LogP contribution in [0.25, 0.3) is 0 Å². The highest BCUT2D eigenvalue weighted by atomic mass is 16.7. The zero-order valence-corrected chi connectivity index (χ0v) is 20.8. The number of carbonyl (C=O) groups is 3. The minimum absolute atomic E-state index is 0.0147. The molecule has 2 aromatic rings. The van der Waals surface area contributed by atoms with Crippen molar-refractivity contribution in [2.45, 2.75) is 63.6 Å². The molecule has 1 saturated heterocycles. The summed E-state index contributed by atoms with van der Waals surface area (Å²) in [6.45, 7) is 5.30. The molecule has 0 aliphatic carbocycles. The Morgan fingerprint density at radius 2 is 1.56 bits per heavy atom. The molecule has 0 bridgehead atoms. The third-order valence-electron chi connectivity index (χ3n) is 5.78. The molecule has 0 aromatic heterocycles. The van der Waals surface area contributed by atoms with Crippen LogP contribution in [0.15, 0.2) is 60.7 Å². The monoisotopic (exact) mass is 498 g/mol. The van der Waals surface area contributed by atoms with E-state index in [1.807, 2.05) is 60.7 Å². The van der Waals surface area contributed by atoms with Gasteiger partial charge in [0.25, 0.3) is 0 Å². The van der Waals surface area contributed by atoms with Crippen LogP contribution in [0.5, 0.6) is 0 Å². The normalized spacial score (nSPS) is 19.1. The number of carboxylic acid groups (broad SMARTS) is 1. The van der Waals surface area contributed by atoms with Crippen LogP contribution in [-0.4, -0.2) is 66.2 Å². The standard InChI is InChI=1S/C27H34N2O7/c1-18(25(31)32)28-24(30)22(14-19-10-6-4-7-11-19)29-23(15-20-12-8-5-9-13-20)26(33)34-16-21-17-35-27(2,3)36-21/h4-13,18,21-23,29H,14-17H2,1-3H3,(H,28,30)(H,31,32)/t18?,21-,22-,23?/m0/s1. The van der Waals surface area contributed by atoms with Gasteiger partial charge in [0.05, 0.1) is 12.6 Å². The van der Waals surface area contributed by atoms with Crippen molar-refractivity contribution in [2.24, 2.45) is 0 Å². The second-order valence-corrected chi connectivity index (χ2v) is 9.30. The molecule has 2 aromatic carbocycles. The van der Waals surface area contributed by atoms with Crippen LogP contribution >= 0.6 is 0 Å². The minimum Gasteiger partial charge on any atom is -0.480 e. The van der Waals surface area contributed by atoms with Gasteiger partial charge >= 0.3 is 11.9 Å². The molecule has 1 heterocycles. The summed E-state index contributed by atoms with van der Waals surface area (Å²) in [4.78, 5) is 37.6. The Kier molecular flexibility index (Phi) is 9.58. The van der Waals surface area contributed by atoms with E-state index in [0.717, 1.165) is 11.1 Å². The number of hydrogen-bond acceptors (Lipinski definition) is 7. The first-order valence-electron chi connectivity index (χ1n) is 12.0. The highest BCUT2D eigenvalue weighted by Crippen LogP contribution is 2.22. The Hall–Kier alpha value is -3.27. The third kappa shape index (κ3) is 8.44. The van der Waals surface area contributed by atoms with Crippen molar-refractivity contribution in [3.8, 4) is 0 Å². The quantitative estimate of drug-likeness (QED) is 0.380. The van der Waals surface area contributed by atoms with Gasteiger partial charge in [-0.05, 0) is 44.7 Å². The summed E-state index contributed by atoms with van der Waals surface area (Å²) in [5.74, 6) is -2.94. The van der Waals surface area contributed by atoms with Gasteiger partial charge in [0, 0.05) is 0 Å². The van der Waals surface area contributed by atoms with Crippen LogP contribution in [0.1, 0.15) is 31.9 Å². The molecule has 1 amide bonds. The van der Waals surface area contributed by atoms with Crippen molar-refractivity contribution in [3.63, 3.8) is 0 Å². The molecule has 3 N–H and O–H groups in total. The van der Waals surface area contributed by atoms with Gasteiger partial charge in [-0.25, -0.2) is 0 Å². The van der Waals surface area contributed by atoms with Crippen molar-refractivity contribution < 1.29 is 33.7 Å². The molecule has 1 fully saturated rings. The van der Waals surface area contributed by atoms with Gasteiger partial charge in [0.1, 0.15) is 24.8 Å². The smallest absolute Gasteiger partial charge is 0.325 e. The van der Waals surface area contributed by atoms with E-state index in [4.69, 9.17) is 14.2 Å². The number of amides is 1. The summed E-state index contributed by atoms with van der Waals surface area (Å²) in [7, 11) is 0. The lowest BCUT2D eigenvalue weighted by Gasteiger charge is -2.26. The molecule has 9 heteroatoms. The maximum atomic E-state index is 13.2. The van der Waals surface area contributed by atoms with E-state index >= 15 is 0 Å². The van der Waals surface area contributed by atoms with Gasteiger partial charge in [-0.3, -0.25) is 19.7 Å². The topological polar surface area (TPSA) is 123 Å². The third-order valence-corrected chi connectivity index (χ3v) is 5.78. The van der Waals surface area contributed by atoms with Crippen molar-refractivity contribution in [1.82, 2.24) is 10.6 Å². The summed E-state index contributed by atoms with van der Waals surface area (Å²) in [5, 5.41) is 14.9. The van der Waals surface area contributed by atoms with Crippen molar-refractivity contribution in [3.05, 3.63) is 71.8 Å². The molecule has 4 atom stereocenters. The molecule has 0 radical (unpaired) electrons. The Morgan fingerprint density at radius 1 is 1.00 bits per heavy atom. The Labute approximate surface area is 211 Å². The number of carbonyl (C=O) groups excluding carboxylic acids is 2. The number of carboxylic acids is 1. The first-order valence-corrected chi connectivity index (χ1v) is 12.0. The second kappa shape index (κ2) is 12.6. The van der Waals surface area contributed by atoms with Crippen LogP contribution < -0.4 is 10.6 Å². The first-order chi connectivity index (χ1) is 17.1. The first kappa shape index (κ1) is 27.3. The number of rotatable bonds is 12. The van der Waals surface area contributed by atoms with Gasteiger partial charge in [0.2, 0.25) is 5.91 Å². The maximum absolute atomic E-state index is 13.2. The van der Waals surface area contributed by atoms with Gasteiger partial charge < -0.3 is 24.6 Å². The van der Waals surface area contributed by atoms with E-state index in [-0.39, 0.29) is 25.6 Å². The number of benzene rings is 2. The summed E-state index contributed by atoms with van der Waals surface area (Å²) in [6.07, 6.45) is 0.146. The molecule has 9 nitrogen and oxygen atoms in total. The Balaban J connectivity index is 1.77. The number of hydrogen-bond donors (Lipinski definition) is 3. The number of ether oxygens (including phenoxy) is 3. The molecule has 1 aliphatic heterocycles. The van der Waals surface area contributed by atoms with Crippen LogP contribution in [0.4, 0.5) is 0 Å². The number of esters is 1. The fraction of sp³-hybridized carbons (Fsp3) is 0.444. The van der Waals surface area contributed by atoms with Crippen LogP contribution in [0.2, 0.25) is 0 Å². The minimum atomic E-state index is -1.15. The van der Waals surface area contributed by atoms with E-state index in [1.165, 1.54) is 6.92 Å². The molecule has 1 aliphatic rings. The summed E-state index contributed by atoms with van der Waals surface area (Å²) < 4.78 is 16.8. The predicted molar refractivity (Wildman–Crippen MR) is 132 cm³/mol. The van der Waals surface area contributed by atoms with Crippen molar-refractivity contribution in [2.75, 3.05) is 13.2 Å². The van der Waals surface area contributed by atoms with Crippen LogP contribution in [0, 0.1) is 0 Å². The zero-order chi connectivity index (χ0) is 26.1. The van der Waals surface area contributed by atoms with Crippen molar-refractivity contribution in [1.29, 1.82) is 0 Å². The largest absolute Gasteiger partial charge is 0.480 e. The zero-order valence-electron chi connectivity index (χ0n) is 20.8. The van der Waals surface area contributed by atoms with Gasteiger partial charge in [-0.15, -0.1) is 0 Å². The van der Waals surface area contributed by atoms with E-state index in [1.54, 1.807) is 13.8 Å². The van der Waals surface area contributed by atoms with E-state index in [9.17, 15) is 19.5 Å². The van der Waals surface area contributed by atoms with Crippen LogP contribution in [0.3, 0.4) is 0 Å². The molecule has 3 rings (SSSR count). The molecule has 194 valence electrons. The second-order valence-electron chi connectivity index (χ2n) is 9.30. The Bertz CT molecular complexity index is 1010. The predicted octanol–water partition coefficient (Wildman–Crippen LogP) is 2.08. The summed E-state index contributed by atoms with van der Waals surface area (Å²) in [6, 6.07) is 15.9. The van der Waals surface area contributed by atoms with Gasteiger partial charge in [-0.2, -0.15) is 0 Å². The summed E-state index contributed by atoms with van der Waals surface area (Å²) >= 11 is 0. The maximum Gasteiger partial charge on any atom is 0.325 e. The molecule has 0 spiro atoms. The highest BCUT2D eigenvalue weighted by Gasteiger charge is 2.35. The van der Waals surface area contributed by atoms with Gasteiger partial charge in [-0.1, -0.05) is 60.7 Å². The average Bonchev–Trinajstić information content (AvgIpc) is 3.21. The van der Waals surface area contributed by atoms with E-state index in [0.29, 0.717) is 6.61 Å².